The van der Waals surface area contributed by atoms with Crippen LogP contribution in [0.3, 0.4) is 0 Å². The van der Waals surface area contributed by atoms with Crippen LogP contribution < -0.4 is 4.90 Å². The van der Waals surface area contributed by atoms with Gasteiger partial charge in [-0.3, -0.25) is 4.79 Å². The van der Waals surface area contributed by atoms with E-state index in [4.69, 9.17) is 0 Å². The SMILES string of the molecule is CN(c1ccc(C=O)cc1)C1CSC1. The first-order valence-corrected chi connectivity index (χ1v) is 5.82. The molecule has 0 unspecified atom stereocenters. The minimum absolute atomic E-state index is 0.669. The number of hydrogen-bond donors (Lipinski definition) is 0. The highest BCUT2D eigenvalue weighted by molar-refractivity contribution is 8.00. The number of rotatable bonds is 3. The van der Waals surface area contributed by atoms with Gasteiger partial charge in [-0.1, -0.05) is 0 Å². The molecule has 0 saturated carbocycles. The first-order valence-electron chi connectivity index (χ1n) is 4.67. The van der Waals surface area contributed by atoms with Gasteiger partial charge >= 0.3 is 0 Å². The summed E-state index contributed by atoms with van der Waals surface area (Å²) in [5, 5.41) is 0. The number of hydrogen-bond acceptors (Lipinski definition) is 3. The van der Waals surface area contributed by atoms with E-state index in [0.717, 1.165) is 11.8 Å². The van der Waals surface area contributed by atoms with Gasteiger partial charge in [0.25, 0.3) is 0 Å². The number of aldehydes is 1. The Morgan fingerprint density at radius 1 is 1.36 bits per heavy atom. The summed E-state index contributed by atoms with van der Waals surface area (Å²) in [6.07, 6.45) is 0.878. The predicted octanol–water partition coefficient (Wildman–Crippen LogP) is 2.05. The number of benzene rings is 1. The van der Waals surface area contributed by atoms with Crippen LogP contribution in [-0.2, 0) is 0 Å². The summed E-state index contributed by atoms with van der Waals surface area (Å²) in [7, 11) is 2.11. The molecule has 2 nitrogen and oxygen atoms in total. The van der Waals surface area contributed by atoms with Crippen LogP contribution in [0.25, 0.3) is 0 Å². The summed E-state index contributed by atoms with van der Waals surface area (Å²) in [5.41, 5.74) is 1.94. The van der Waals surface area contributed by atoms with E-state index in [1.807, 2.05) is 36.0 Å². The van der Waals surface area contributed by atoms with E-state index in [9.17, 15) is 4.79 Å². The molecule has 1 saturated heterocycles. The van der Waals surface area contributed by atoms with Gasteiger partial charge in [-0.15, -0.1) is 0 Å². The fourth-order valence-corrected chi connectivity index (χ4v) is 2.34. The number of nitrogens with zero attached hydrogens (tertiary/aromatic N) is 1. The topological polar surface area (TPSA) is 20.3 Å². The Morgan fingerprint density at radius 3 is 2.43 bits per heavy atom. The van der Waals surface area contributed by atoms with E-state index < -0.39 is 0 Å². The summed E-state index contributed by atoms with van der Waals surface area (Å²) in [6, 6.07) is 8.41. The molecule has 14 heavy (non-hydrogen) atoms. The Balaban J connectivity index is 2.11. The highest BCUT2D eigenvalue weighted by Gasteiger charge is 2.22. The van der Waals surface area contributed by atoms with Crippen LogP contribution >= 0.6 is 11.8 Å². The summed E-state index contributed by atoms with van der Waals surface area (Å²) in [5.74, 6) is 2.43. The molecule has 0 radical (unpaired) electrons. The molecular weight excluding hydrogens is 194 g/mol. The highest BCUT2D eigenvalue weighted by atomic mass is 32.2. The minimum atomic E-state index is 0.669. The second kappa shape index (κ2) is 4.05. The van der Waals surface area contributed by atoms with E-state index in [2.05, 4.69) is 11.9 Å². The third-order valence-electron chi connectivity index (χ3n) is 2.60. The molecule has 1 aromatic carbocycles. The zero-order valence-corrected chi connectivity index (χ0v) is 8.96. The number of thioether (sulfide) groups is 1. The van der Waals surface area contributed by atoms with Gasteiger partial charge in [0, 0.05) is 35.8 Å². The Morgan fingerprint density at radius 2 is 2.00 bits per heavy atom. The average molecular weight is 207 g/mol. The highest BCUT2D eigenvalue weighted by Crippen LogP contribution is 2.26. The standard InChI is InChI=1S/C11H13NOS/c1-12(11-7-14-8-11)10-4-2-9(6-13)3-5-10/h2-6,11H,7-8H2,1H3. The van der Waals surface area contributed by atoms with Crippen molar-refractivity contribution in [2.75, 3.05) is 23.5 Å². The number of carbonyl (C=O) groups is 1. The van der Waals surface area contributed by atoms with Crippen LogP contribution in [0.1, 0.15) is 10.4 Å². The van der Waals surface area contributed by atoms with Crippen molar-refractivity contribution >= 4 is 23.7 Å². The third kappa shape index (κ3) is 1.77. The van der Waals surface area contributed by atoms with E-state index in [1.165, 1.54) is 17.2 Å². The normalized spacial score (nSPS) is 16.1. The van der Waals surface area contributed by atoms with Crippen LogP contribution in [0.15, 0.2) is 24.3 Å². The van der Waals surface area contributed by atoms with Gasteiger partial charge in [-0.05, 0) is 24.3 Å². The van der Waals surface area contributed by atoms with Gasteiger partial charge in [0.15, 0.2) is 0 Å². The first-order chi connectivity index (χ1) is 6.81. The molecule has 0 amide bonds. The van der Waals surface area contributed by atoms with Crippen LogP contribution in [0, 0.1) is 0 Å². The molecule has 0 N–H and O–H groups in total. The smallest absolute Gasteiger partial charge is 0.150 e. The Kier molecular flexibility index (Phi) is 2.77. The van der Waals surface area contributed by atoms with E-state index in [-0.39, 0.29) is 0 Å². The second-order valence-corrected chi connectivity index (χ2v) is 4.59. The van der Waals surface area contributed by atoms with Crippen molar-refractivity contribution in [1.82, 2.24) is 0 Å². The lowest BCUT2D eigenvalue weighted by Gasteiger charge is -2.35. The summed E-state index contributed by atoms with van der Waals surface area (Å²) in [6.45, 7) is 0. The maximum atomic E-state index is 10.5. The summed E-state index contributed by atoms with van der Waals surface area (Å²) >= 11 is 1.98. The molecule has 0 aromatic heterocycles. The quantitative estimate of drug-likeness (QED) is 0.708. The molecule has 1 aliphatic heterocycles. The molecule has 1 fully saturated rings. The lowest BCUT2D eigenvalue weighted by Crippen LogP contribution is -2.41. The lowest BCUT2D eigenvalue weighted by molar-refractivity contribution is 0.112. The summed E-state index contributed by atoms with van der Waals surface area (Å²) in [4.78, 5) is 12.8. The molecular formula is C11H13NOS. The molecule has 1 aliphatic rings. The third-order valence-corrected chi connectivity index (χ3v) is 3.85. The van der Waals surface area contributed by atoms with Crippen molar-refractivity contribution in [3.63, 3.8) is 0 Å². The van der Waals surface area contributed by atoms with Crippen molar-refractivity contribution in [3.8, 4) is 0 Å². The van der Waals surface area contributed by atoms with E-state index in [0.29, 0.717) is 6.04 Å². The molecule has 0 bridgehead atoms. The van der Waals surface area contributed by atoms with Gasteiger partial charge in [0.2, 0.25) is 0 Å². The first kappa shape index (κ1) is 9.59. The molecule has 0 aliphatic carbocycles. The predicted molar refractivity (Wildman–Crippen MR) is 61.3 cm³/mol. The largest absolute Gasteiger partial charge is 0.370 e. The van der Waals surface area contributed by atoms with Crippen LogP contribution in [0.4, 0.5) is 5.69 Å². The minimum Gasteiger partial charge on any atom is -0.370 e. The van der Waals surface area contributed by atoms with Crippen molar-refractivity contribution in [1.29, 1.82) is 0 Å². The lowest BCUT2D eigenvalue weighted by atomic mass is 10.2. The molecule has 74 valence electrons. The van der Waals surface area contributed by atoms with Gasteiger partial charge in [-0.25, -0.2) is 0 Å². The van der Waals surface area contributed by atoms with E-state index >= 15 is 0 Å². The van der Waals surface area contributed by atoms with Crippen molar-refractivity contribution in [2.24, 2.45) is 0 Å². The van der Waals surface area contributed by atoms with Crippen LogP contribution in [0.2, 0.25) is 0 Å². The molecule has 1 heterocycles. The second-order valence-electron chi connectivity index (χ2n) is 3.51. The van der Waals surface area contributed by atoms with E-state index in [1.54, 1.807) is 0 Å². The molecule has 3 heteroatoms. The fourth-order valence-electron chi connectivity index (χ4n) is 1.45. The Hall–Kier alpha value is -0.960. The molecule has 2 rings (SSSR count). The molecule has 0 spiro atoms. The monoisotopic (exact) mass is 207 g/mol. The van der Waals surface area contributed by atoms with Crippen molar-refractivity contribution < 1.29 is 4.79 Å². The van der Waals surface area contributed by atoms with Gasteiger partial charge in [0.05, 0.1) is 0 Å². The van der Waals surface area contributed by atoms with Gasteiger partial charge in [-0.2, -0.15) is 11.8 Å². The maximum absolute atomic E-state index is 10.5. The van der Waals surface area contributed by atoms with Gasteiger partial charge < -0.3 is 4.90 Å². The summed E-state index contributed by atoms with van der Waals surface area (Å²) < 4.78 is 0. The van der Waals surface area contributed by atoms with Crippen molar-refractivity contribution in [3.05, 3.63) is 29.8 Å². The van der Waals surface area contributed by atoms with Gasteiger partial charge in [0.1, 0.15) is 6.29 Å². The number of carbonyl (C=O) groups excluding carboxylic acids is 1. The van der Waals surface area contributed by atoms with Crippen LogP contribution in [0.5, 0.6) is 0 Å². The zero-order valence-electron chi connectivity index (χ0n) is 8.14. The Labute approximate surface area is 88.3 Å². The average Bonchev–Trinajstić information content (AvgIpc) is 2.15. The molecule has 1 aromatic rings. The van der Waals surface area contributed by atoms with Crippen LogP contribution in [-0.4, -0.2) is 30.9 Å². The Bertz CT molecular complexity index is 319. The zero-order chi connectivity index (χ0) is 9.97. The fraction of sp³-hybridized carbons (Fsp3) is 0.364. The number of anilines is 1. The van der Waals surface area contributed by atoms with Crippen molar-refractivity contribution in [2.45, 2.75) is 6.04 Å². The maximum Gasteiger partial charge on any atom is 0.150 e. The molecule has 0 atom stereocenters.